The summed E-state index contributed by atoms with van der Waals surface area (Å²) in [7, 11) is 3.04. The molecular formula is C15H19N3O3S. The minimum Gasteiger partial charge on any atom is -0.497 e. The molecule has 7 heteroatoms. The predicted molar refractivity (Wildman–Crippen MR) is 88.8 cm³/mol. The largest absolute Gasteiger partial charge is 0.497 e. The molecule has 2 heterocycles. The van der Waals surface area contributed by atoms with Crippen LogP contribution in [0.4, 0.5) is 11.4 Å². The Bertz CT molecular complexity index is 633. The van der Waals surface area contributed by atoms with Gasteiger partial charge in [-0.15, -0.1) is 11.8 Å². The van der Waals surface area contributed by atoms with Crippen molar-refractivity contribution in [3.8, 4) is 5.75 Å². The molecule has 2 aliphatic rings. The minimum absolute atomic E-state index is 0.00449. The van der Waals surface area contributed by atoms with Crippen LogP contribution < -0.4 is 15.8 Å². The zero-order valence-corrected chi connectivity index (χ0v) is 13.4. The highest BCUT2D eigenvalue weighted by Crippen LogP contribution is 2.38. The molecule has 22 heavy (non-hydrogen) atoms. The number of thioether (sulfide) groups is 1. The SMILES string of the molecule is COC(=O)C[C@@H]1CSC(C2Cc3cc(OC)cc(N)c3N2)=N1. The van der Waals surface area contributed by atoms with E-state index in [-0.39, 0.29) is 18.1 Å². The highest BCUT2D eigenvalue weighted by atomic mass is 32.2. The average Bonchev–Trinajstić information content (AvgIpc) is 3.13. The number of nitrogen functional groups attached to an aromatic ring is 1. The molecule has 0 bridgehead atoms. The number of esters is 1. The summed E-state index contributed by atoms with van der Waals surface area (Å²) in [5.74, 6) is 1.37. The summed E-state index contributed by atoms with van der Waals surface area (Å²) in [5.41, 5.74) is 8.86. The fraction of sp³-hybridized carbons (Fsp3) is 0.467. The molecule has 3 N–H and O–H groups in total. The van der Waals surface area contributed by atoms with Crippen molar-refractivity contribution in [3.63, 3.8) is 0 Å². The molecular weight excluding hydrogens is 302 g/mol. The number of nitrogens with zero attached hydrogens (tertiary/aromatic N) is 1. The number of aliphatic imine (C=N–C) groups is 1. The lowest BCUT2D eigenvalue weighted by Gasteiger charge is -2.11. The third-order valence-corrected chi connectivity index (χ3v) is 5.10. The normalized spacial score (nSPS) is 22.7. The van der Waals surface area contributed by atoms with Crippen molar-refractivity contribution in [1.29, 1.82) is 0 Å². The number of methoxy groups -OCH3 is 2. The van der Waals surface area contributed by atoms with Gasteiger partial charge in [-0.3, -0.25) is 9.79 Å². The highest BCUT2D eigenvalue weighted by molar-refractivity contribution is 8.14. The van der Waals surface area contributed by atoms with Gasteiger partial charge in [0.2, 0.25) is 0 Å². The highest BCUT2D eigenvalue weighted by Gasteiger charge is 2.31. The first-order valence-corrected chi connectivity index (χ1v) is 8.09. The molecule has 0 spiro atoms. The fourth-order valence-electron chi connectivity index (χ4n) is 2.75. The van der Waals surface area contributed by atoms with Crippen LogP contribution in [0.25, 0.3) is 0 Å². The first-order chi connectivity index (χ1) is 10.6. The van der Waals surface area contributed by atoms with Gasteiger partial charge in [0.1, 0.15) is 5.75 Å². The Hall–Kier alpha value is -1.89. The topological polar surface area (TPSA) is 85.9 Å². The van der Waals surface area contributed by atoms with Crippen LogP contribution in [-0.4, -0.2) is 43.1 Å². The maximum absolute atomic E-state index is 11.3. The first kappa shape index (κ1) is 15.0. The molecule has 0 fully saturated rings. The number of hydrogen-bond acceptors (Lipinski definition) is 7. The van der Waals surface area contributed by atoms with Gasteiger partial charge < -0.3 is 20.5 Å². The molecule has 1 aromatic carbocycles. The number of carbonyl (C=O) groups is 1. The second-order valence-corrected chi connectivity index (χ2v) is 6.40. The van der Waals surface area contributed by atoms with Crippen molar-refractivity contribution in [2.75, 3.05) is 31.0 Å². The monoisotopic (exact) mass is 321 g/mol. The van der Waals surface area contributed by atoms with Crippen molar-refractivity contribution in [2.24, 2.45) is 4.99 Å². The van der Waals surface area contributed by atoms with Gasteiger partial charge in [0.05, 0.1) is 49.1 Å². The van der Waals surface area contributed by atoms with Crippen LogP contribution >= 0.6 is 11.8 Å². The molecule has 1 aromatic rings. The van der Waals surface area contributed by atoms with Gasteiger partial charge in [-0.2, -0.15) is 0 Å². The number of anilines is 2. The number of nitrogens with one attached hydrogen (secondary N) is 1. The maximum Gasteiger partial charge on any atom is 0.307 e. The van der Waals surface area contributed by atoms with E-state index in [1.807, 2.05) is 12.1 Å². The molecule has 118 valence electrons. The van der Waals surface area contributed by atoms with Crippen molar-refractivity contribution < 1.29 is 14.3 Å². The fourth-order valence-corrected chi connectivity index (χ4v) is 3.87. The summed E-state index contributed by atoms with van der Waals surface area (Å²) in [6.07, 6.45) is 1.16. The van der Waals surface area contributed by atoms with Crippen molar-refractivity contribution >= 4 is 34.1 Å². The Kier molecular flexibility index (Phi) is 4.15. The Balaban J connectivity index is 1.72. The lowest BCUT2D eigenvalue weighted by Crippen LogP contribution is -2.23. The molecule has 0 amide bonds. The summed E-state index contributed by atoms with van der Waals surface area (Å²) >= 11 is 1.69. The molecule has 2 atom stereocenters. The Morgan fingerprint density at radius 1 is 1.50 bits per heavy atom. The molecule has 0 saturated carbocycles. The van der Waals surface area contributed by atoms with E-state index in [1.54, 1.807) is 18.9 Å². The molecule has 0 aromatic heterocycles. The molecule has 0 radical (unpaired) electrons. The minimum atomic E-state index is -0.216. The third kappa shape index (κ3) is 2.85. The van der Waals surface area contributed by atoms with E-state index in [4.69, 9.17) is 15.2 Å². The molecule has 2 aliphatic heterocycles. The Labute approximate surface area is 133 Å². The van der Waals surface area contributed by atoms with Crippen LogP contribution in [0.3, 0.4) is 0 Å². The van der Waals surface area contributed by atoms with Gasteiger partial charge in [-0.05, 0) is 11.6 Å². The van der Waals surface area contributed by atoms with E-state index >= 15 is 0 Å². The summed E-state index contributed by atoms with van der Waals surface area (Å²) in [6, 6.07) is 3.95. The van der Waals surface area contributed by atoms with Crippen LogP contribution in [-0.2, 0) is 16.0 Å². The quantitative estimate of drug-likeness (QED) is 0.648. The molecule has 3 rings (SSSR count). The second kappa shape index (κ2) is 6.08. The molecule has 1 unspecified atom stereocenters. The smallest absolute Gasteiger partial charge is 0.307 e. The lowest BCUT2D eigenvalue weighted by atomic mass is 10.1. The zero-order chi connectivity index (χ0) is 15.7. The first-order valence-electron chi connectivity index (χ1n) is 7.11. The zero-order valence-electron chi connectivity index (χ0n) is 12.6. The summed E-state index contributed by atoms with van der Waals surface area (Å²) in [5, 5.41) is 4.47. The summed E-state index contributed by atoms with van der Waals surface area (Å²) in [4.78, 5) is 16.0. The summed E-state index contributed by atoms with van der Waals surface area (Å²) in [6.45, 7) is 0. The van der Waals surface area contributed by atoms with Crippen LogP contribution in [0, 0.1) is 0 Å². The number of ether oxygens (including phenoxy) is 2. The van der Waals surface area contributed by atoms with Gasteiger partial charge in [0.25, 0.3) is 0 Å². The number of fused-ring (bicyclic) bond motifs is 1. The van der Waals surface area contributed by atoms with Crippen LogP contribution in [0.2, 0.25) is 0 Å². The second-order valence-electron chi connectivity index (χ2n) is 5.36. The maximum atomic E-state index is 11.3. The van der Waals surface area contributed by atoms with Gasteiger partial charge >= 0.3 is 5.97 Å². The van der Waals surface area contributed by atoms with Gasteiger partial charge in [-0.1, -0.05) is 0 Å². The lowest BCUT2D eigenvalue weighted by molar-refractivity contribution is -0.140. The van der Waals surface area contributed by atoms with E-state index in [1.165, 1.54) is 7.11 Å². The molecule has 0 saturated heterocycles. The Morgan fingerprint density at radius 2 is 2.32 bits per heavy atom. The predicted octanol–water partition coefficient (Wildman–Crippen LogP) is 1.69. The number of benzene rings is 1. The van der Waals surface area contributed by atoms with Crippen molar-refractivity contribution in [1.82, 2.24) is 0 Å². The van der Waals surface area contributed by atoms with Gasteiger partial charge in [0.15, 0.2) is 0 Å². The van der Waals surface area contributed by atoms with Gasteiger partial charge in [-0.25, -0.2) is 0 Å². The number of nitrogens with two attached hydrogens (primary N) is 1. The van der Waals surface area contributed by atoms with E-state index in [0.29, 0.717) is 12.1 Å². The number of carbonyl (C=O) groups excluding carboxylic acids is 1. The number of rotatable bonds is 4. The van der Waals surface area contributed by atoms with Crippen LogP contribution in [0.5, 0.6) is 5.75 Å². The third-order valence-electron chi connectivity index (χ3n) is 3.86. The van der Waals surface area contributed by atoms with E-state index in [9.17, 15) is 4.79 Å². The van der Waals surface area contributed by atoms with Crippen LogP contribution in [0.1, 0.15) is 12.0 Å². The van der Waals surface area contributed by atoms with E-state index in [2.05, 4.69) is 10.3 Å². The summed E-state index contributed by atoms with van der Waals surface area (Å²) < 4.78 is 9.96. The average molecular weight is 321 g/mol. The van der Waals surface area contributed by atoms with Crippen LogP contribution in [0.15, 0.2) is 17.1 Å². The molecule has 6 nitrogen and oxygen atoms in total. The Morgan fingerprint density at radius 3 is 3.05 bits per heavy atom. The van der Waals surface area contributed by atoms with E-state index in [0.717, 1.165) is 34.2 Å². The van der Waals surface area contributed by atoms with Gasteiger partial charge in [0, 0.05) is 18.2 Å². The van der Waals surface area contributed by atoms with Crippen molar-refractivity contribution in [2.45, 2.75) is 24.9 Å². The molecule has 0 aliphatic carbocycles. The van der Waals surface area contributed by atoms with E-state index < -0.39 is 0 Å². The van der Waals surface area contributed by atoms with Crippen molar-refractivity contribution in [3.05, 3.63) is 17.7 Å². The standard InChI is InChI=1S/C15H19N3O3S/c1-20-10-3-8-4-12(18-14(8)11(16)6-10)15-17-9(7-22-15)5-13(19)21-2/h3,6,9,12,18H,4-5,7,16H2,1-2H3/t9-,12?/m1/s1. The number of hydrogen-bond donors (Lipinski definition) is 2.